The van der Waals surface area contributed by atoms with E-state index in [2.05, 4.69) is 10.6 Å². The van der Waals surface area contributed by atoms with Crippen LogP contribution in [0.2, 0.25) is 0 Å². The number of methoxy groups -OCH3 is 1. The van der Waals surface area contributed by atoms with E-state index in [0.29, 0.717) is 5.56 Å². The van der Waals surface area contributed by atoms with Gasteiger partial charge in [0.05, 0.1) is 23.7 Å². The highest BCUT2D eigenvalue weighted by molar-refractivity contribution is 5.97. The van der Waals surface area contributed by atoms with Crippen LogP contribution >= 0.6 is 0 Å². The number of nitrogens with one attached hydrogen (secondary N) is 2. The predicted molar refractivity (Wildman–Crippen MR) is 77.6 cm³/mol. The Balaban J connectivity index is 2.20. The summed E-state index contributed by atoms with van der Waals surface area (Å²) in [4.78, 5) is 22.6. The van der Waals surface area contributed by atoms with Crippen molar-refractivity contribution < 1.29 is 14.5 Å². The van der Waals surface area contributed by atoms with E-state index in [1.807, 2.05) is 6.92 Å². The van der Waals surface area contributed by atoms with Crippen molar-refractivity contribution in [3.8, 4) is 5.75 Å². The number of carbonyl (C=O) groups excluding carboxylic acids is 1. The van der Waals surface area contributed by atoms with Gasteiger partial charge in [0.25, 0.3) is 11.6 Å². The van der Waals surface area contributed by atoms with Crippen LogP contribution in [0.5, 0.6) is 5.75 Å². The molecule has 0 unspecified atom stereocenters. The molecule has 0 atom stereocenters. The molecule has 1 aromatic rings. The second-order valence-corrected chi connectivity index (χ2v) is 5.41. The van der Waals surface area contributed by atoms with E-state index in [0.717, 1.165) is 25.9 Å². The Kier molecular flexibility index (Phi) is 4.42. The number of carbonyl (C=O) groups is 1. The van der Waals surface area contributed by atoms with Gasteiger partial charge >= 0.3 is 0 Å². The third kappa shape index (κ3) is 3.49. The number of piperidine rings is 1. The molecule has 21 heavy (non-hydrogen) atoms. The molecule has 1 aliphatic rings. The monoisotopic (exact) mass is 293 g/mol. The molecule has 0 aliphatic carbocycles. The molecular formula is C14H19N3O4. The summed E-state index contributed by atoms with van der Waals surface area (Å²) in [7, 11) is 1.39. The molecule has 1 aromatic carbocycles. The second kappa shape index (κ2) is 6.09. The number of hydrogen-bond acceptors (Lipinski definition) is 5. The highest BCUT2D eigenvalue weighted by Gasteiger charge is 2.29. The zero-order valence-electron chi connectivity index (χ0n) is 12.1. The van der Waals surface area contributed by atoms with Crippen molar-refractivity contribution in [1.29, 1.82) is 0 Å². The molecule has 0 saturated carbocycles. The minimum Gasteiger partial charge on any atom is -0.496 e. The van der Waals surface area contributed by atoms with Crippen LogP contribution < -0.4 is 15.4 Å². The lowest BCUT2D eigenvalue weighted by Crippen LogP contribution is -2.52. The predicted octanol–water partition coefficient (Wildman–Crippen LogP) is 1.48. The fraction of sp³-hybridized carbons (Fsp3) is 0.500. The maximum absolute atomic E-state index is 12.4. The van der Waals surface area contributed by atoms with Crippen molar-refractivity contribution >= 4 is 11.6 Å². The molecule has 1 fully saturated rings. The Labute approximate surface area is 122 Å². The largest absolute Gasteiger partial charge is 0.496 e. The van der Waals surface area contributed by atoms with E-state index in [4.69, 9.17) is 4.74 Å². The normalized spacial score (nSPS) is 17.0. The van der Waals surface area contributed by atoms with Gasteiger partial charge in [-0.1, -0.05) is 0 Å². The molecule has 1 heterocycles. The Morgan fingerprint density at radius 1 is 1.43 bits per heavy atom. The number of ether oxygens (including phenoxy) is 1. The van der Waals surface area contributed by atoms with Crippen LogP contribution in [0.25, 0.3) is 0 Å². The van der Waals surface area contributed by atoms with Crippen LogP contribution in [0.15, 0.2) is 18.2 Å². The molecule has 0 aromatic heterocycles. The van der Waals surface area contributed by atoms with Gasteiger partial charge in [-0.2, -0.15) is 0 Å². The van der Waals surface area contributed by atoms with Crippen LogP contribution in [0, 0.1) is 10.1 Å². The van der Waals surface area contributed by atoms with Crippen molar-refractivity contribution in [1.82, 2.24) is 10.6 Å². The van der Waals surface area contributed by atoms with Crippen molar-refractivity contribution in [3.63, 3.8) is 0 Å². The minimum atomic E-state index is -0.516. The van der Waals surface area contributed by atoms with Gasteiger partial charge in [-0.15, -0.1) is 0 Å². The molecule has 7 nitrogen and oxygen atoms in total. The molecule has 7 heteroatoms. The summed E-state index contributed by atoms with van der Waals surface area (Å²) >= 11 is 0. The van der Waals surface area contributed by atoms with Gasteiger partial charge in [0, 0.05) is 11.6 Å². The fourth-order valence-electron chi connectivity index (χ4n) is 2.43. The van der Waals surface area contributed by atoms with Gasteiger partial charge in [-0.05, 0) is 38.9 Å². The summed E-state index contributed by atoms with van der Waals surface area (Å²) in [6, 6.07) is 4.00. The Bertz CT molecular complexity index is 553. The molecule has 2 rings (SSSR count). The van der Waals surface area contributed by atoms with Crippen molar-refractivity contribution in [2.24, 2.45) is 0 Å². The summed E-state index contributed by atoms with van der Waals surface area (Å²) in [6.07, 6.45) is 1.68. The standard InChI is InChI=1S/C14H19N3O4/c1-14(5-7-15-8-6-14)16-13(18)11-4-3-10(17(19)20)9-12(11)21-2/h3-4,9,15H,5-8H2,1-2H3,(H,16,18). The molecule has 0 spiro atoms. The number of amides is 1. The lowest BCUT2D eigenvalue weighted by atomic mass is 9.90. The number of nitro benzene ring substituents is 1. The summed E-state index contributed by atoms with van der Waals surface area (Å²) in [6.45, 7) is 3.71. The minimum absolute atomic E-state index is 0.100. The maximum atomic E-state index is 12.4. The average molecular weight is 293 g/mol. The van der Waals surface area contributed by atoms with Crippen LogP contribution in [0.1, 0.15) is 30.1 Å². The van der Waals surface area contributed by atoms with Gasteiger partial charge in [-0.25, -0.2) is 0 Å². The number of nitrogens with zero attached hydrogens (tertiary/aromatic N) is 1. The fourth-order valence-corrected chi connectivity index (χ4v) is 2.43. The zero-order chi connectivity index (χ0) is 15.5. The highest BCUT2D eigenvalue weighted by Crippen LogP contribution is 2.26. The van der Waals surface area contributed by atoms with Crippen LogP contribution in [0.4, 0.5) is 5.69 Å². The van der Waals surface area contributed by atoms with E-state index < -0.39 is 4.92 Å². The first-order valence-corrected chi connectivity index (χ1v) is 6.81. The molecule has 1 aliphatic heterocycles. The molecular weight excluding hydrogens is 274 g/mol. The number of benzene rings is 1. The Hall–Kier alpha value is -2.15. The highest BCUT2D eigenvalue weighted by atomic mass is 16.6. The lowest BCUT2D eigenvalue weighted by molar-refractivity contribution is -0.384. The average Bonchev–Trinajstić information content (AvgIpc) is 2.46. The number of nitro groups is 1. The third-order valence-corrected chi connectivity index (χ3v) is 3.76. The van der Waals surface area contributed by atoms with Gasteiger partial charge in [0.1, 0.15) is 5.75 Å². The second-order valence-electron chi connectivity index (χ2n) is 5.41. The van der Waals surface area contributed by atoms with Crippen LogP contribution in [0.3, 0.4) is 0 Å². The molecule has 0 bridgehead atoms. The number of rotatable bonds is 4. The summed E-state index contributed by atoms with van der Waals surface area (Å²) < 4.78 is 5.10. The molecule has 1 saturated heterocycles. The van der Waals surface area contributed by atoms with Crippen molar-refractivity contribution in [3.05, 3.63) is 33.9 Å². The summed E-state index contributed by atoms with van der Waals surface area (Å²) in [5.41, 5.74) is -0.0610. The van der Waals surface area contributed by atoms with Gasteiger partial charge in [-0.3, -0.25) is 14.9 Å². The van der Waals surface area contributed by atoms with Crippen molar-refractivity contribution in [2.75, 3.05) is 20.2 Å². The first-order valence-electron chi connectivity index (χ1n) is 6.81. The van der Waals surface area contributed by atoms with E-state index in [9.17, 15) is 14.9 Å². The smallest absolute Gasteiger partial charge is 0.273 e. The van der Waals surface area contributed by atoms with Crippen LogP contribution in [-0.2, 0) is 0 Å². The first-order chi connectivity index (χ1) is 9.95. The quantitative estimate of drug-likeness (QED) is 0.647. The molecule has 0 radical (unpaired) electrons. The Morgan fingerprint density at radius 3 is 2.67 bits per heavy atom. The topological polar surface area (TPSA) is 93.5 Å². The molecule has 2 N–H and O–H groups in total. The van der Waals surface area contributed by atoms with E-state index in [1.165, 1.54) is 25.3 Å². The maximum Gasteiger partial charge on any atom is 0.273 e. The van der Waals surface area contributed by atoms with Gasteiger partial charge in [0.15, 0.2) is 0 Å². The van der Waals surface area contributed by atoms with Gasteiger partial charge in [0.2, 0.25) is 0 Å². The van der Waals surface area contributed by atoms with E-state index in [-0.39, 0.29) is 22.9 Å². The van der Waals surface area contributed by atoms with E-state index >= 15 is 0 Å². The van der Waals surface area contributed by atoms with E-state index in [1.54, 1.807) is 0 Å². The summed E-state index contributed by atoms with van der Waals surface area (Å²) in [5, 5.41) is 17.0. The molecule has 1 amide bonds. The zero-order valence-corrected chi connectivity index (χ0v) is 12.1. The molecule has 114 valence electrons. The SMILES string of the molecule is COc1cc([N+](=O)[O-])ccc1C(=O)NC1(C)CCNCC1. The lowest BCUT2D eigenvalue weighted by Gasteiger charge is -2.35. The number of hydrogen-bond donors (Lipinski definition) is 2. The van der Waals surface area contributed by atoms with Crippen molar-refractivity contribution in [2.45, 2.75) is 25.3 Å². The third-order valence-electron chi connectivity index (χ3n) is 3.76. The Morgan fingerprint density at radius 2 is 2.10 bits per heavy atom. The van der Waals surface area contributed by atoms with Crippen LogP contribution in [-0.4, -0.2) is 36.6 Å². The first kappa shape index (κ1) is 15.2. The summed E-state index contributed by atoms with van der Waals surface area (Å²) in [5.74, 6) is -0.0645. The number of non-ortho nitro benzene ring substituents is 1. The van der Waals surface area contributed by atoms with Gasteiger partial charge < -0.3 is 15.4 Å².